The lowest BCUT2D eigenvalue weighted by Crippen LogP contribution is -2.37. The first-order chi connectivity index (χ1) is 7.83. The van der Waals surface area contributed by atoms with Crippen LogP contribution in [-0.4, -0.2) is 12.1 Å². The highest BCUT2D eigenvalue weighted by Gasteiger charge is 2.22. The van der Waals surface area contributed by atoms with Gasteiger partial charge < -0.3 is 5.32 Å². The Labute approximate surface area is 98.3 Å². The number of hydrogen-bond donors (Lipinski definition) is 1. The van der Waals surface area contributed by atoms with E-state index in [1.54, 1.807) is 0 Å². The van der Waals surface area contributed by atoms with Crippen molar-refractivity contribution in [1.29, 1.82) is 0 Å². The predicted octanol–water partition coefficient (Wildman–Crippen LogP) is 2.55. The largest absolute Gasteiger partial charge is 0.300 e. The molecule has 0 spiro atoms. The highest BCUT2D eigenvalue weighted by Crippen LogP contribution is 2.22. The third-order valence-corrected chi connectivity index (χ3v) is 3.27. The lowest BCUT2D eigenvalue weighted by Gasteiger charge is -2.17. The summed E-state index contributed by atoms with van der Waals surface area (Å²) in [4.78, 5) is 0. The van der Waals surface area contributed by atoms with E-state index in [0.717, 1.165) is 25.7 Å². The van der Waals surface area contributed by atoms with Crippen LogP contribution in [0.1, 0.15) is 30.9 Å². The summed E-state index contributed by atoms with van der Waals surface area (Å²) in [6, 6.07) is 9.45. The Morgan fingerprint density at radius 3 is 2.50 bits per heavy atom. The van der Waals surface area contributed by atoms with E-state index >= 15 is 0 Å². The van der Waals surface area contributed by atoms with Gasteiger partial charge in [-0.1, -0.05) is 43.5 Å². The van der Waals surface area contributed by atoms with Gasteiger partial charge in [0.25, 0.3) is 0 Å². The molecule has 1 aliphatic carbocycles. The molecule has 1 aromatic carbocycles. The van der Waals surface area contributed by atoms with E-state index in [-0.39, 0.29) is 6.04 Å². The molecule has 0 fully saturated rings. The number of benzene rings is 1. The lowest BCUT2D eigenvalue weighted by atomic mass is 10.1. The van der Waals surface area contributed by atoms with Crippen LogP contribution in [0, 0.1) is 12.3 Å². The van der Waals surface area contributed by atoms with E-state index in [2.05, 4.69) is 42.4 Å². The van der Waals surface area contributed by atoms with Gasteiger partial charge in [0.2, 0.25) is 0 Å². The zero-order valence-electron chi connectivity index (χ0n) is 9.87. The summed E-state index contributed by atoms with van der Waals surface area (Å²) in [7, 11) is 0. The quantitative estimate of drug-likeness (QED) is 0.758. The molecule has 84 valence electrons. The SMILES string of the molecule is C#CC(CCC)NC1Cc2ccccc2C1. The molecular formula is C15H19N. The van der Waals surface area contributed by atoms with E-state index in [4.69, 9.17) is 6.42 Å². The maximum Gasteiger partial charge on any atom is 0.0689 e. The minimum atomic E-state index is 0.240. The molecule has 1 heteroatoms. The highest BCUT2D eigenvalue weighted by molar-refractivity contribution is 5.33. The summed E-state index contributed by atoms with van der Waals surface area (Å²) in [5, 5.41) is 3.58. The summed E-state index contributed by atoms with van der Waals surface area (Å²) in [5.74, 6) is 2.85. The maximum atomic E-state index is 5.53. The molecule has 0 saturated carbocycles. The predicted molar refractivity (Wildman–Crippen MR) is 68.3 cm³/mol. The van der Waals surface area contributed by atoms with Crippen LogP contribution in [0.25, 0.3) is 0 Å². The van der Waals surface area contributed by atoms with Gasteiger partial charge in [-0.15, -0.1) is 6.42 Å². The van der Waals surface area contributed by atoms with Crippen LogP contribution >= 0.6 is 0 Å². The van der Waals surface area contributed by atoms with Gasteiger partial charge in [-0.2, -0.15) is 0 Å². The Morgan fingerprint density at radius 1 is 1.38 bits per heavy atom. The molecule has 1 N–H and O–H groups in total. The van der Waals surface area contributed by atoms with E-state index in [0.29, 0.717) is 6.04 Å². The Balaban J connectivity index is 1.94. The van der Waals surface area contributed by atoms with Gasteiger partial charge >= 0.3 is 0 Å². The maximum absolute atomic E-state index is 5.53. The molecule has 0 radical (unpaired) electrons. The van der Waals surface area contributed by atoms with Crippen LogP contribution in [0.5, 0.6) is 0 Å². The summed E-state index contributed by atoms with van der Waals surface area (Å²) in [5.41, 5.74) is 2.96. The zero-order chi connectivity index (χ0) is 11.4. The van der Waals surface area contributed by atoms with Crippen LogP contribution < -0.4 is 5.32 Å². The summed E-state index contributed by atoms with van der Waals surface area (Å²) in [6.07, 6.45) is 9.99. The van der Waals surface area contributed by atoms with Crippen molar-refractivity contribution in [2.75, 3.05) is 0 Å². The van der Waals surface area contributed by atoms with Crippen LogP contribution in [0.4, 0.5) is 0 Å². The van der Waals surface area contributed by atoms with Gasteiger partial charge in [-0.25, -0.2) is 0 Å². The molecule has 2 rings (SSSR count). The van der Waals surface area contributed by atoms with Gasteiger partial charge in [0, 0.05) is 6.04 Å². The van der Waals surface area contributed by atoms with Gasteiger partial charge in [-0.3, -0.25) is 0 Å². The van der Waals surface area contributed by atoms with E-state index < -0.39 is 0 Å². The van der Waals surface area contributed by atoms with E-state index in [9.17, 15) is 0 Å². The summed E-state index contributed by atoms with van der Waals surface area (Å²) in [6.45, 7) is 2.18. The fourth-order valence-corrected chi connectivity index (χ4v) is 2.46. The average Bonchev–Trinajstić information content (AvgIpc) is 2.70. The normalized spacial score (nSPS) is 16.8. The molecule has 0 bridgehead atoms. The zero-order valence-corrected chi connectivity index (χ0v) is 9.87. The van der Waals surface area contributed by atoms with Crippen molar-refractivity contribution in [3.8, 4) is 12.3 Å². The first kappa shape index (κ1) is 11.2. The Bertz CT molecular complexity index is 364. The molecule has 1 aliphatic rings. The second-order valence-electron chi connectivity index (χ2n) is 4.55. The van der Waals surface area contributed by atoms with Crippen molar-refractivity contribution < 1.29 is 0 Å². The lowest BCUT2D eigenvalue weighted by molar-refractivity contribution is 0.470. The molecule has 1 aromatic rings. The fraction of sp³-hybridized carbons (Fsp3) is 0.467. The second-order valence-corrected chi connectivity index (χ2v) is 4.55. The smallest absolute Gasteiger partial charge is 0.0689 e. The standard InChI is InChI=1S/C15H19N/c1-3-7-14(4-2)16-15-10-12-8-5-6-9-13(12)11-15/h2,5-6,8-9,14-16H,3,7,10-11H2,1H3. The monoisotopic (exact) mass is 213 g/mol. The van der Waals surface area contributed by atoms with Gasteiger partial charge in [0.15, 0.2) is 0 Å². The Kier molecular flexibility index (Phi) is 3.64. The molecule has 0 aromatic heterocycles. The highest BCUT2D eigenvalue weighted by atomic mass is 14.9. The van der Waals surface area contributed by atoms with E-state index in [1.165, 1.54) is 11.1 Å². The number of terminal acetylenes is 1. The summed E-state index contributed by atoms with van der Waals surface area (Å²) < 4.78 is 0. The van der Waals surface area contributed by atoms with Crippen molar-refractivity contribution in [3.63, 3.8) is 0 Å². The first-order valence-electron chi connectivity index (χ1n) is 6.12. The summed E-state index contributed by atoms with van der Waals surface area (Å²) >= 11 is 0. The molecule has 1 atom stereocenters. The fourth-order valence-electron chi connectivity index (χ4n) is 2.46. The van der Waals surface area contributed by atoms with Crippen molar-refractivity contribution in [3.05, 3.63) is 35.4 Å². The molecule has 0 heterocycles. The second kappa shape index (κ2) is 5.18. The van der Waals surface area contributed by atoms with Gasteiger partial charge in [0.05, 0.1) is 6.04 Å². The number of hydrogen-bond acceptors (Lipinski definition) is 1. The van der Waals surface area contributed by atoms with Gasteiger partial charge in [-0.05, 0) is 30.4 Å². The minimum absolute atomic E-state index is 0.240. The molecule has 1 nitrogen and oxygen atoms in total. The Hall–Kier alpha value is -1.26. The molecule has 0 amide bonds. The molecule has 1 unspecified atom stereocenters. The third kappa shape index (κ3) is 2.46. The van der Waals surface area contributed by atoms with E-state index in [1.807, 2.05) is 0 Å². The van der Waals surface area contributed by atoms with Crippen LogP contribution in [-0.2, 0) is 12.8 Å². The molecule has 16 heavy (non-hydrogen) atoms. The van der Waals surface area contributed by atoms with Crippen LogP contribution in [0.2, 0.25) is 0 Å². The number of nitrogens with one attached hydrogen (secondary N) is 1. The molecular weight excluding hydrogens is 194 g/mol. The average molecular weight is 213 g/mol. The van der Waals surface area contributed by atoms with Crippen LogP contribution in [0.15, 0.2) is 24.3 Å². The van der Waals surface area contributed by atoms with Crippen LogP contribution in [0.3, 0.4) is 0 Å². The van der Waals surface area contributed by atoms with Gasteiger partial charge in [0.1, 0.15) is 0 Å². The Morgan fingerprint density at radius 2 is 2.00 bits per heavy atom. The first-order valence-corrected chi connectivity index (χ1v) is 6.12. The number of rotatable bonds is 4. The van der Waals surface area contributed by atoms with Crippen molar-refractivity contribution >= 4 is 0 Å². The molecule has 0 aliphatic heterocycles. The van der Waals surface area contributed by atoms with Crippen molar-refractivity contribution in [2.45, 2.75) is 44.7 Å². The topological polar surface area (TPSA) is 12.0 Å². The van der Waals surface area contributed by atoms with Crippen molar-refractivity contribution in [1.82, 2.24) is 5.32 Å². The van der Waals surface area contributed by atoms with Crippen molar-refractivity contribution in [2.24, 2.45) is 0 Å². The third-order valence-electron chi connectivity index (χ3n) is 3.27. The molecule has 0 saturated heterocycles. The minimum Gasteiger partial charge on any atom is -0.300 e. The number of fused-ring (bicyclic) bond motifs is 1.